The highest BCUT2D eigenvalue weighted by molar-refractivity contribution is 6.37. The van der Waals surface area contributed by atoms with Gasteiger partial charge in [0.25, 0.3) is 0 Å². The Hall–Kier alpha value is -1.45. The number of benzene rings is 1. The topological polar surface area (TPSA) is 28.2 Å². The minimum absolute atomic E-state index is 0.526. The first-order chi connectivity index (χ1) is 9.52. The molecule has 0 fully saturated rings. The smallest absolute Gasteiger partial charge is 0.154 e. The molecule has 0 unspecified atom stereocenters. The zero-order valence-electron chi connectivity index (χ0n) is 11.7. The maximum Gasteiger partial charge on any atom is 0.154 e. The van der Waals surface area contributed by atoms with Crippen LogP contribution in [0, 0.1) is 6.92 Å². The van der Waals surface area contributed by atoms with Crippen LogP contribution in [0.3, 0.4) is 0 Å². The maximum atomic E-state index is 6.27. The highest BCUT2D eigenvalue weighted by atomic mass is 35.5. The van der Waals surface area contributed by atoms with Crippen molar-refractivity contribution in [2.24, 2.45) is 0 Å². The third-order valence-electron chi connectivity index (χ3n) is 2.96. The molecule has 0 atom stereocenters. The minimum atomic E-state index is 0.526. The number of halogens is 2. The Balaban J connectivity index is 2.43. The van der Waals surface area contributed by atoms with E-state index in [0.29, 0.717) is 21.7 Å². The Morgan fingerprint density at radius 2 is 1.95 bits per heavy atom. The molecule has 106 valence electrons. The van der Waals surface area contributed by atoms with Gasteiger partial charge < -0.3 is 10.2 Å². The predicted octanol–water partition coefficient (Wildman–Crippen LogP) is 4.90. The molecule has 0 bridgehead atoms. The summed E-state index contributed by atoms with van der Waals surface area (Å²) < 4.78 is 0. The average molecular weight is 310 g/mol. The number of nitrogens with zero attached hydrogens (tertiary/aromatic N) is 2. The van der Waals surface area contributed by atoms with Crippen molar-refractivity contribution in [3.63, 3.8) is 0 Å². The van der Waals surface area contributed by atoms with Crippen molar-refractivity contribution in [3.05, 3.63) is 45.9 Å². The summed E-state index contributed by atoms with van der Waals surface area (Å²) >= 11 is 12.4. The molecule has 1 N–H and O–H groups in total. The van der Waals surface area contributed by atoms with Crippen molar-refractivity contribution in [1.82, 2.24) is 4.98 Å². The largest absolute Gasteiger partial charge is 0.369 e. The van der Waals surface area contributed by atoms with Crippen LogP contribution >= 0.6 is 23.2 Å². The number of nitrogens with one attached hydrogen (secondary N) is 1. The molecule has 0 saturated heterocycles. The van der Waals surface area contributed by atoms with Crippen LogP contribution in [0.15, 0.2) is 30.3 Å². The molecule has 1 heterocycles. The SMILES string of the molecule is CCNc1nc(N(C)c2cccc(C)c2)c(Cl)cc1Cl. The lowest BCUT2D eigenvalue weighted by Gasteiger charge is -2.21. The molecule has 0 radical (unpaired) electrons. The van der Waals surface area contributed by atoms with Crippen LogP contribution in [-0.4, -0.2) is 18.6 Å². The lowest BCUT2D eigenvalue weighted by atomic mass is 10.2. The van der Waals surface area contributed by atoms with E-state index in [0.717, 1.165) is 12.2 Å². The molecule has 0 saturated carbocycles. The van der Waals surface area contributed by atoms with Gasteiger partial charge in [-0.05, 0) is 37.6 Å². The van der Waals surface area contributed by atoms with Crippen molar-refractivity contribution >= 4 is 40.5 Å². The van der Waals surface area contributed by atoms with Crippen molar-refractivity contribution in [1.29, 1.82) is 0 Å². The first kappa shape index (κ1) is 14.9. The van der Waals surface area contributed by atoms with E-state index in [-0.39, 0.29) is 0 Å². The summed E-state index contributed by atoms with van der Waals surface area (Å²) in [4.78, 5) is 6.47. The Morgan fingerprint density at radius 1 is 1.20 bits per heavy atom. The van der Waals surface area contributed by atoms with Gasteiger partial charge in [0.2, 0.25) is 0 Å². The summed E-state index contributed by atoms with van der Waals surface area (Å²) in [7, 11) is 1.94. The molecule has 0 aliphatic heterocycles. The number of aryl methyl sites for hydroxylation is 1. The molecule has 0 spiro atoms. The Morgan fingerprint density at radius 3 is 2.60 bits per heavy atom. The lowest BCUT2D eigenvalue weighted by molar-refractivity contribution is 1.10. The van der Waals surface area contributed by atoms with Gasteiger partial charge in [0.05, 0.1) is 10.0 Å². The maximum absolute atomic E-state index is 6.27. The van der Waals surface area contributed by atoms with Gasteiger partial charge in [-0.2, -0.15) is 0 Å². The van der Waals surface area contributed by atoms with E-state index in [1.54, 1.807) is 6.07 Å². The Labute approximate surface area is 129 Å². The third-order valence-corrected chi connectivity index (χ3v) is 3.53. The van der Waals surface area contributed by atoms with Crippen LogP contribution < -0.4 is 10.2 Å². The fraction of sp³-hybridized carbons (Fsp3) is 0.267. The van der Waals surface area contributed by atoms with Gasteiger partial charge in [-0.25, -0.2) is 4.98 Å². The van der Waals surface area contributed by atoms with Crippen molar-refractivity contribution in [2.45, 2.75) is 13.8 Å². The van der Waals surface area contributed by atoms with Gasteiger partial charge >= 0.3 is 0 Å². The summed E-state index contributed by atoms with van der Waals surface area (Å²) in [6.07, 6.45) is 0. The highest BCUT2D eigenvalue weighted by Gasteiger charge is 2.14. The van der Waals surface area contributed by atoms with E-state index < -0.39 is 0 Å². The van der Waals surface area contributed by atoms with Gasteiger partial charge in [-0.3, -0.25) is 0 Å². The average Bonchev–Trinajstić information content (AvgIpc) is 2.41. The molecule has 2 rings (SSSR count). The van der Waals surface area contributed by atoms with Gasteiger partial charge in [-0.1, -0.05) is 35.3 Å². The second-order valence-corrected chi connectivity index (χ2v) is 5.37. The first-order valence-corrected chi connectivity index (χ1v) is 7.18. The van der Waals surface area contributed by atoms with Crippen LogP contribution in [0.4, 0.5) is 17.3 Å². The predicted molar refractivity (Wildman–Crippen MR) is 87.7 cm³/mol. The molecule has 0 aliphatic carbocycles. The van der Waals surface area contributed by atoms with Crippen molar-refractivity contribution in [3.8, 4) is 0 Å². The molecule has 20 heavy (non-hydrogen) atoms. The van der Waals surface area contributed by atoms with Crippen molar-refractivity contribution < 1.29 is 0 Å². The Kier molecular flexibility index (Phi) is 4.73. The summed E-state index contributed by atoms with van der Waals surface area (Å²) in [5.41, 5.74) is 2.22. The number of anilines is 3. The van der Waals surface area contributed by atoms with Crippen LogP contribution in [0.5, 0.6) is 0 Å². The standard InChI is InChI=1S/C15H17Cl2N3/c1-4-18-14-12(16)9-13(17)15(19-14)20(3)11-7-5-6-10(2)8-11/h5-9H,4H2,1-3H3,(H,18,19). The Bertz CT molecular complexity index is 614. The van der Waals surface area contributed by atoms with E-state index in [4.69, 9.17) is 23.2 Å². The monoisotopic (exact) mass is 309 g/mol. The third kappa shape index (κ3) is 3.17. The molecule has 3 nitrogen and oxygen atoms in total. The number of hydrogen-bond acceptors (Lipinski definition) is 3. The molecule has 0 amide bonds. The van der Waals surface area contributed by atoms with E-state index in [1.807, 2.05) is 31.0 Å². The second-order valence-electron chi connectivity index (χ2n) is 4.55. The van der Waals surface area contributed by atoms with Gasteiger partial charge in [0.1, 0.15) is 5.82 Å². The molecule has 1 aromatic carbocycles. The van der Waals surface area contributed by atoms with E-state index in [9.17, 15) is 0 Å². The normalized spacial score (nSPS) is 10.4. The van der Waals surface area contributed by atoms with Gasteiger partial charge in [0.15, 0.2) is 5.82 Å². The quantitative estimate of drug-likeness (QED) is 0.871. The van der Waals surface area contributed by atoms with Crippen LogP contribution in [0.1, 0.15) is 12.5 Å². The minimum Gasteiger partial charge on any atom is -0.369 e. The number of hydrogen-bond donors (Lipinski definition) is 1. The zero-order chi connectivity index (χ0) is 14.7. The molecular weight excluding hydrogens is 293 g/mol. The summed E-state index contributed by atoms with van der Waals surface area (Å²) in [5.74, 6) is 1.32. The fourth-order valence-electron chi connectivity index (χ4n) is 1.94. The molecule has 2 aromatic rings. The van der Waals surface area contributed by atoms with Crippen LogP contribution in [0.25, 0.3) is 0 Å². The first-order valence-electron chi connectivity index (χ1n) is 6.43. The lowest BCUT2D eigenvalue weighted by Crippen LogP contribution is -2.13. The van der Waals surface area contributed by atoms with E-state index in [2.05, 4.69) is 29.4 Å². The number of rotatable bonds is 4. The highest BCUT2D eigenvalue weighted by Crippen LogP contribution is 2.34. The van der Waals surface area contributed by atoms with E-state index in [1.165, 1.54) is 5.56 Å². The van der Waals surface area contributed by atoms with Gasteiger partial charge in [0, 0.05) is 19.3 Å². The van der Waals surface area contributed by atoms with E-state index >= 15 is 0 Å². The van der Waals surface area contributed by atoms with Crippen LogP contribution in [-0.2, 0) is 0 Å². The summed E-state index contributed by atoms with van der Waals surface area (Å²) in [6, 6.07) is 9.89. The van der Waals surface area contributed by atoms with Gasteiger partial charge in [-0.15, -0.1) is 0 Å². The number of pyridine rings is 1. The second kappa shape index (κ2) is 6.33. The fourth-order valence-corrected chi connectivity index (χ4v) is 2.49. The van der Waals surface area contributed by atoms with Crippen LogP contribution in [0.2, 0.25) is 10.0 Å². The molecule has 1 aromatic heterocycles. The number of aromatic nitrogens is 1. The summed E-state index contributed by atoms with van der Waals surface area (Å²) in [5, 5.41) is 4.19. The summed E-state index contributed by atoms with van der Waals surface area (Å²) in [6.45, 7) is 4.80. The zero-order valence-corrected chi connectivity index (χ0v) is 13.3. The molecule has 0 aliphatic rings. The van der Waals surface area contributed by atoms with Crippen molar-refractivity contribution in [2.75, 3.05) is 23.8 Å². The molecular formula is C15H17Cl2N3. The molecule has 5 heteroatoms.